The maximum absolute atomic E-state index is 12.6. The SMILES string of the molecule is COc1ccc(-c2nnc(SCC(=O)NC3(c4cccc(Br)c4)CCC3)o2)cc1. The molecule has 4 rings (SSSR count). The highest BCUT2D eigenvalue weighted by atomic mass is 79.9. The van der Waals surface area contributed by atoms with Crippen LogP contribution in [0.4, 0.5) is 0 Å². The maximum atomic E-state index is 12.6. The molecule has 0 atom stereocenters. The number of nitrogens with zero attached hydrogens (tertiary/aromatic N) is 2. The Kier molecular flexibility index (Phi) is 5.91. The second kappa shape index (κ2) is 8.59. The average molecular weight is 474 g/mol. The molecule has 0 unspecified atom stereocenters. The molecule has 2 aromatic carbocycles. The van der Waals surface area contributed by atoms with Gasteiger partial charge in [0.15, 0.2) is 0 Å². The number of rotatable bonds is 7. The van der Waals surface area contributed by atoms with Gasteiger partial charge in [-0.15, -0.1) is 10.2 Å². The van der Waals surface area contributed by atoms with E-state index in [4.69, 9.17) is 9.15 Å². The molecule has 1 saturated carbocycles. The Morgan fingerprint density at radius 2 is 2.03 bits per heavy atom. The van der Waals surface area contributed by atoms with Gasteiger partial charge in [0.2, 0.25) is 11.8 Å². The van der Waals surface area contributed by atoms with Crippen LogP contribution in [-0.2, 0) is 10.3 Å². The van der Waals surface area contributed by atoms with E-state index in [9.17, 15) is 4.79 Å². The Balaban J connectivity index is 1.36. The molecule has 1 aliphatic rings. The summed E-state index contributed by atoms with van der Waals surface area (Å²) in [6, 6.07) is 15.5. The quantitative estimate of drug-likeness (QED) is 0.496. The number of aromatic nitrogens is 2. The summed E-state index contributed by atoms with van der Waals surface area (Å²) >= 11 is 4.75. The first-order chi connectivity index (χ1) is 14.1. The largest absolute Gasteiger partial charge is 0.497 e. The minimum absolute atomic E-state index is 0.0427. The number of hydrogen-bond donors (Lipinski definition) is 1. The van der Waals surface area contributed by atoms with Crippen LogP contribution < -0.4 is 10.1 Å². The summed E-state index contributed by atoms with van der Waals surface area (Å²) in [5, 5.41) is 11.7. The van der Waals surface area contributed by atoms with Gasteiger partial charge in [-0.2, -0.15) is 0 Å². The number of amides is 1. The van der Waals surface area contributed by atoms with Gasteiger partial charge in [0.1, 0.15) is 5.75 Å². The van der Waals surface area contributed by atoms with Crippen LogP contribution in [0.25, 0.3) is 11.5 Å². The predicted octanol–water partition coefficient (Wildman–Crippen LogP) is 4.80. The molecule has 0 spiro atoms. The molecule has 1 aliphatic carbocycles. The number of nitrogens with one attached hydrogen (secondary N) is 1. The van der Waals surface area contributed by atoms with E-state index in [1.54, 1.807) is 7.11 Å². The van der Waals surface area contributed by atoms with Crippen molar-refractivity contribution in [3.05, 3.63) is 58.6 Å². The van der Waals surface area contributed by atoms with Crippen molar-refractivity contribution >= 4 is 33.6 Å². The zero-order valence-electron chi connectivity index (χ0n) is 15.9. The standard InChI is InChI=1S/C21H20BrN3O3S/c1-27-17-8-6-14(7-9-17)19-24-25-20(28-19)29-13-18(26)23-21(10-3-11-21)15-4-2-5-16(22)12-15/h2,4-9,12H,3,10-11,13H2,1H3,(H,23,26). The number of benzene rings is 2. The molecule has 1 fully saturated rings. The number of methoxy groups -OCH3 is 1. The van der Waals surface area contributed by atoms with Crippen molar-refractivity contribution in [2.75, 3.05) is 12.9 Å². The molecule has 0 radical (unpaired) electrons. The fourth-order valence-electron chi connectivity index (χ4n) is 3.35. The van der Waals surface area contributed by atoms with Gasteiger partial charge in [0, 0.05) is 10.0 Å². The molecule has 3 aromatic rings. The number of halogens is 1. The highest BCUT2D eigenvalue weighted by Gasteiger charge is 2.40. The molecule has 6 nitrogen and oxygen atoms in total. The Morgan fingerprint density at radius 3 is 2.69 bits per heavy atom. The topological polar surface area (TPSA) is 77.2 Å². The summed E-state index contributed by atoms with van der Waals surface area (Å²) in [6.45, 7) is 0. The molecule has 0 saturated heterocycles. The van der Waals surface area contributed by atoms with Crippen molar-refractivity contribution in [2.45, 2.75) is 30.0 Å². The Bertz CT molecular complexity index is 1000. The van der Waals surface area contributed by atoms with Gasteiger partial charge < -0.3 is 14.5 Å². The van der Waals surface area contributed by atoms with E-state index in [1.807, 2.05) is 36.4 Å². The smallest absolute Gasteiger partial charge is 0.277 e. The van der Waals surface area contributed by atoms with E-state index in [-0.39, 0.29) is 17.2 Å². The molecular formula is C21H20BrN3O3S. The number of hydrogen-bond acceptors (Lipinski definition) is 6. The number of carbonyl (C=O) groups is 1. The first-order valence-electron chi connectivity index (χ1n) is 9.26. The number of ether oxygens (including phenoxy) is 1. The Labute approximate surface area is 181 Å². The van der Waals surface area contributed by atoms with Gasteiger partial charge in [-0.1, -0.05) is 39.8 Å². The van der Waals surface area contributed by atoms with Crippen LogP contribution in [0.1, 0.15) is 24.8 Å². The van der Waals surface area contributed by atoms with Gasteiger partial charge in [-0.3, -0.25) is 4.79 Å². The summed E-state index contributed by atoms with van der Waals surface area (Å²) < 4.78 is 11.8. The second-order valence-corrected chi connectivity index (χ2v) is 8.73. The summed E-state index contributed by atoms with van der Waals surface area (Å²) in [6.07, 6.45) is 3.00. The van der Waals surface area contributed by atoms with Crippen molar-refractivity contribution in [1.82, 2.24) is 15.5 Å². The lowest BCUT2D eigenvalue weighted by Crippen LogP contribution is -2.51. The van der Waals surface area contributed by atoms with Gasteiger partial charge in [0.05, 0.1) is 18.4 Å². The van der Waals surface area contributed by atoms with Crippen LogP contribution in [-0.4, -0.2) is 29.0 Å². The van der Waals surface area contributed by atoms with Crippen molar-refractivity contribution < 1.29 is 13.9 Å². The lowest BCUT2D eigenvalue weighted by Gasteiger charge is -2.43. The highest BCUT2D eigenvalue weighted by molar-refractivity contribution is 9.10. The number of thioether (sulfide) groups is 1. The Morgan fingerprint density at radius 1 is 1.24 bits per heavy atom. The molecule has 1 amide bonds. The molecule has 0 aliphatic heterocycles. The van der Waals surface area contributed by atoms with E-state index in [2.05, 4.69) is 43.6 Å². The molecule has 8 heteroatoms. The summed E-state index contributed by atoms with van der Waals surface area (Å²) in [5.74, 6) is 1.36. The monoisotopic (exact) mass is 473 g/mol. The maximum Gasteiger partial charge on any atom is 0.277 e. The van der Waals surface area contributed by atoms with Crippen LogP contribution in [0.2, 0.25) is 0 Å². The van der Waals surface area contributed by atoms with Crippen LogP contribution in [0.15, 0.2) is 62.6 Å². The highest BCUT2D eigenvalue weighted by Crippen LogP contribution is 2.42. The third-order valence-corrected chi connectivity index (χ3v) is 6.34. The van der Waals surface area contributed by atoms with Crippen molar-refractivity contribution in [3.63, 3.8) is 0 Å². The van der Waals surface area contributed by atoms with Gasteiger partial charge >= 0.3 is 0 Å². The zero-order valence-corrected chi connectivity index (χ0v) is 18.3. The van der Waals surface area contributed by atoms with Gasteiger partial charge in [0.25, 0.3) is 5.22 Å². The molecule has 1 N–H and O–H groups in total. The van der Waals surface area contributed by atoms with Crippen LogP contribution in [0.3, 0.4) is 0 Å². The minimum Gasteiger partial charge on any atom is -0.497 e. The van der Waals surface area contributed by atoms with E-state index in [0.717, 1.165) is 40.6 Å². The number of carbonyl (C=O) groups excluding carboxylic acids is 1. The minimum atomic E-state index is -0.273. The lowest BCUT2D eigenvalue weighted by atomic mass is 9.72. The first kappa shape index (κ1) is 20.0. The molecule has 150 valence electrons. The summed E-state index contributed by atoms with van der Waals surface area (Å²) in [7, 11) is 1.62. The van der Waals surface area contributed by atoms with Crippen LogP contribution >= 0.6 is 27.7 Å². The van der Waals surface area contributed by atoms with Crippen molar-refractivity contribution in [2.24, 2.45) is 0 Å². The van der Waals surface area contributed by atoms with Gasteiger partial charge in [-0.05, 0) is 61.2 Å². The second-order valence-electron chi connectivity index (χ2n) is 6.88. The molecule has 0 bridgehead atoms. The third-order valence-electron chi connectivity index (χ3n) is 5.03. The predicted molar refractivity (Wildman–Crippen MR) is 115 cm³/mol. The molecule has 29 heavy (non-hydrogen) atoms. The Hall–Kier alpha value is -2.32. The summed E-state index contributed by atoms with van der Waals surface area (Å²) in [4.78, 5) is 12.6. The average Bonchev–Trinajstić information content (AvgIpc) is 3.18. The zero-order chi connectivity index (χ0) is 20.3. The molecule has 1 heterocycles. The normalized spacial score (nSPS) is 14.8. The third kappa shape index (κ3) is 4.48. The van der Waals surface area contributed by atoms with Crippen LogP contribution in [0.5, 0.6) is 5.75 Å². The van der Waals surface area contributed by atoms with E-state index in [1.165, 1.54) is 11.8 Å². The van der Waals surface area contributed by atoms with E-state index in [0.29, 0.717) is 11.1 Å². The van der Waals surface area contributed by atoms with Crippen LogP contribution in [0, 0.1) is 0 Å². The van der Waals surface area contributed by atoms with E-state index >= 15 is 0 Å². The van der Waals surface area contributed by atoms with Crippen molar-refractivity contribution in [1.29, 1.82) is 0 Å². The fraction of sp³-hybridized carbons (Fsp3) is 0.286. The summed E-state index contributed by atoms with van der Waals surface area (Å²) in [5.41, 5.74) is 1.67. The molecular weight excluding hydrogens is 454 g/mol. The molecule has 1 aromatic heterocycles. The first-order valence-corrected chi connectivity index (χ1v) is 11.0. The fourth-order valence-corrected chi connectivity index (χ4v) is 4.31. The lowest BCUT2D eigenvalue weighted by molar-refractivity contribution is -0.121. The van der Waals surface area contributed by atoms with Crippen molar-refractivity contribution in [3.8, 4) is 17.2 Å². The van der Waals surface area contributed by atoms with E-state index < -0.39 is 0 Å². The van der Waals surface area contributed by atoms with Gasteiger partial charge in [-0.25, -0.2) is 0 Å².